The van der Waals surface area contributed by atoms with Gasteiger partial charge in [0.2, 0.25) is 17.7 Å². The number of aromatic nitrogens is 1. The Balaban J connectivity index is 1.65. The van der Waals surface area contributed by atoms with Crippen molar-refractivity contribution in [3.05, 3.63) is 89.1 Å². The Morgan fingerprint density at radius 2 is 1.71 bits per heavy atom. The third-order valence-corrected chi connectivity index (χ3v) is 5.01. The molecular formula is C24H21ClF2N4O3. The predicted molar refractivity (Wildman–Crippen MR) is 124 cm³/mol. The number of nitrogens with zero attached hydrogens (tertiary/aromatic N) is 2. The molecule has 0 saturated heterocycles. The summed E-state index contributed by atoms with van der Waals surface area (Å²) >= 11 is 5.86. The lowest BCUT2D eigenvalue weighted by atomic mass is 10.2. The van der Waals surface area contributed by atoms with Crippen molar-refractivity contribution in [3.63, 3.8) is 0 Å². The van der Waals surface area contributed by atoms with Crippen molar-refractivity contribution < 1.29 is 23.2 Å². The Kier molecular flexibility index (Phi) is 8.64. The summed E-state index contributed by atoms with van der Waals surface area (Å²) in [7, 11) is 0. The van der Waals surface area contributed by atoms with Gasteiger partial charge in [-0.15, -0.1) is 0 Å². The van der Waals surface area contributed by atoms with Gasteiger partial charge in [0, 0.05) is 31.3 Å². The highest BCUT2D eigenvalue weighted by molar-refractivity contribution is 6.31. The van der Waals surface area contributed by atoms with E-state index in [2.05, 4.69) is 15.6 Å². The average molecular weight is 487 g/mol. The van der Waals surface area contributed by atoms with Gasteiger partial charge in [-0.05, 0) is 48.0 Å². The second kappa shape index (κ2) is 11.9. The standard InChI is InChI=1S/C24H21ClF2N4O3/c25-19-13-18(8-9-20(19)27)31(15-23(33)29-14-16-4-6-17(26)7-5-16)24(34)11-10-22(32)30-21-3-1-2-12-28-21/h1-9,12-13H,10-11,14-15H2,(H,29,33)(H,28,30,32). The Morgan fingerprint density at radius 1 is 0.941 bits per heavy atom. The van der Waals surface area contributed by atoms with Crippen LogP contribution in [0.5, 0.6) is 0 Å². The molecular weight excluding hydrogens is 466 g/mol. The summed E-state index contributed by atoms with van der Waals surface area (Å²) in [6.45, 7) is -0.262. The lowest BCUT2D eigenvalue weighted by Crippen LogP contribution is -2.41. The van der Waals surface area contributed by atoms with Crippen molar-refractivity contribution in [2.24, 2.45) is 0 Å². The molecule has 0 bridgehead atoms. The van der Waals surface area contributed by atoms with Crippen LogP contribution in [0.2, 0.25) is 5.02 Å². The Morgan fingerprint density at radius 3 is 2.38 bits per heavy atom. The van der Waals surface area contributed by atoms with Gasteiger partial charge < -0.3 is 15.5 Å². The highest BCUT2D eigenvalue weighted by Gasteiger charge is 2.21. The number of benzene rings is 2. The number of hydrogen-bond acceptors (Lipinski definition) is 4. The molecule has 0 fully saturated rings. The van der Waals surface area contributed by atoms with E-state index in [-0.39, 0.29) is 36.6 Å². The number of hydrogen-bond donors (Lipinski definition) is 2. The van der Waals surface area contributed by atoms with Gasteiger partial charge in [0.05, 0.1) is 5.02 Å². The van der Waals surface area contributed by atoms with Gasteiger partial charge in [0.25, 0.3) is 0 Å². The fourth-order valence-corrected chi connectivity index (χ4v) is 3.15. The van der Waals surface area contributed by atoms with Crippen LogP contribution < -0.4 is 15.5 Å². The minimum Gasteiger partial charge on any atom is -0.350 e. The lowest BCUT2D eigenvalue weighted by Gasteiger charge is -2.23. The third kappa shape index (κ3) is 7.35. The van der Waals surface area contributed by atoms with Crippen molar-refractivity contribution in [1.29, 1.82) is 0 Å². The molecule has 3 aromatic rings. The zero-order chi connectivity index (χ0) is 24.5. The molecule has 0 aliphatic heterocycles. The second-order valence-corrected chi connectivity index (χ2v) is 7.65. The largest absolute Gasteiger partial charge is 0.350 e. The molecule has 10 heteroatoms. The molecule has 2 N–H and O–H groups in total. The van der Waals surface area contributed by atoms with Crippen LogP contribution in [0.1, 0.15) is 18.4 Å². The predicted octanol–water partition coefficient (Wildman–Crippen LogP) is 4.08. The Hall–Kier alpha value is -3.85. The summed E-state index contributed by atoms with van der Waals surface area (Å²) in [4.78, 5) is 42.7. The van der Waals surface area contributed by atoms with E-state index in [1.165, 1.54) is 42.6 Å². The Bertz CT molecular complexity index is 1160. The SMILES string of the molecule is O=C(CN(C(=O)CCC(=O)Nc1ccccn1)c1ccc(F)c(Cl)c1)NCc1ccc(F)cc1. The lowest BCUT2D eigenvalue weighted by molar-refractivity contribution is -0.125. The molecule has 2 aromatic carbocycles. The molecule has 3 rings (SSSR count). The van der Waals surface area contributed by atoms with E-state index >= 15 is 0 Å². The minimum atomic E-state index is -0.673. The van der Waals surface area contributed by atoms with Crippen molar-refractivity contribution >= 4 is 40.8 Å². The normalized spacial score (nSPS) is 10.4. The highest BCUT2D eigenvalue weighted by atomic mass is 35.5. The van der Waals surface area contributed by atoms with Gasteiger partial charge in [-0.25, -0.2) is 13.8 Å². The quantitative estimate of drug-likeness (QED) is 0.477. The monoisotopic (exact) mass is 486 g/mol. The maximum atomic E-state index is 13.6. The van der Waals surface area contributed by atoms with Crippen molar-refractivity contribution in [2.75, 3.05) is 16.8 Å². The molecule has 0 spiro atoms. The van der Waals surface area contributed by atoms with Crippen LogP contribution in [0.25, 0.3) is 0 Å². The fraction of sp³-hybridized carbons (Fsp3) is 0.167. The van der Waals surface area contributed by atoms with Crippen LogP contribution in [-0.4, -0.2) is 29.3 Å². The van der Waals surface area contributed by atoms with E-state index in [1.54, 1.807) is 18.2 Å². The molecule has 176 valence electrons. The van der Waals surface area contributed by atoms with Gasteiger partial charge in [-0.3, -0.25) is 14.4 Å². The van der Waals surface area contributed by atoms with Crippen molar-refractivity contribution in [2.45, 2.75) is 19.4 Å². The first-order valence-corrected chi connectivity index (χ1v) is 10.7. The minimum absolute atomic E-state index is 0.123. The number of pyridine rings is 1. The average Bonchev–Trinajstić information content (AvgIpc) is 2.83. The van der Waals surface area contributed by atoms with Crippen molar-refractivity contribution in [1.82, 2.24) is 10.3 Å². The van der Waals surface area contributed by atoms with Gasteiger partial charge in [0.15, 0.2) is 0 Å². The van der Waals surface area contributed by atoms with Crippen LogP contribution in [-0.2, 0) is 20.9 Å². The highest BCUT2D eigenvalue weighted by Crippen LogP contribution is 2.23. The number of carbonyl (C=O) groups is 3. The molecule has 0 saturated carbocycles. The van der Waals surface area contributed by atoms with Gasteiger partial charge in [-0.2, -0.15) is 0 Å². The summed E-state index contributed by atoms with van der Waals surface area (Å²) in [5.74, 6) is -2.18. The topological polar surface area (TPSA) is 91.4 Å². The number of halogens is 3. The molecule has 34 heavy (non-hydrogen) atoms. The molecule has 3 amide bonds. The molecule has 0 radical (unpaired) electrons. The van der Waals surface area contributed by atoms with E-state index in [4.69, 9.17) is 11.6 Å². The number of anilines is 2. The van der Waals surface area contributed by atoms with E-state index in [0.717, 1.165) is 11.0 Å². The van der Waals surface area contributed by atoms with Crippen LogP contribution in [0, 0.1) is 11.6 Å². The van der Waals surface area contributed by atoms with Crippen molar-refractivity contribution in [3.8, 4) is 0 Å². The van der Waals surface area contributed by atoms with Gasteiger partial charge in [0.1, 0.15) is 24.0 Å². The summed E-state index contributed by atoms with van der Waals surface area (Å²) < 4.78 is 26.7. The van der Waals surface area contributed by atoms with Gasteiger partial charge >= 0.3 is 0 Å². The summed E-state index contributed by atoms with van der Waals surface area (Å²) in [5, 5.41) is 5.01. The van der Waals surface area contributed by atoms with Gasteiger partial charge in [-0.1, -0.05) is 29.8 Å². The van der Waals surface area contributed by atoms with Crippen LogP contribution in [0.3, 0.4) is 0 Å². The maximum absolute atomic E-state index is 13.6. The molecule has 0 atom stereocenters. The zero-order valence-corrected chi connectivity index (χ0v) is 18.7. The molecule has 1 aromatic heterocycles. The first kappa shape index (κ1) is 24.8. The smallest absolute Gasteiger partial charge is 0.240 e. The fourth-order valence-electron chi connectivity index (χ4n) is 2.98. The molecule has 0 aliphatic rings. The molecule has 1 heterocycles. The zero-order valence-electron chi connectivity index (χ0n) is 17.9. The number of carbonyl (C=O) groups excluding carboxylic acids is 3. The maximum Gasteiger partial charge on any atom is 0.240 e. The third-order valence-electron chi connectivity index (χ3n) is 4.72. The second-order valence-electron chi connectivity index (χ2n) is 7.24. The number of nitrogens with one attached hydrogen (secondary N) is 2. The van der Waals surface area contributed by atoms with E-state index < -0.39 is 29.4 Å². The van der Waals surface area contributed by atoms with E-state index in [9.17, 15) is 23.2 Å². The first-order chi connectivity index (χ1) is 16.3. The molecule has 7 nitrogen and oxygen atoms in total. The van der Waals surface area contributed by atoms with Crippen LogP contribution >= 0.6 is 11.6 Å². The summed E-state index contributed by atoms with van der Waals surface area (Å²) in [6.07, 6.45) is 1.16. The van der Waals surface area contributed by atoms with E-state index in [0.29, 0.717) is 11.4 Å². The van der Waals surface area contributed by atoms with Crippen LogP contribution in [0.4, 0.5) is 20.3 Å². The first-order valence-electron chi connectivity index (χ1n) is 10.3. The van der Waals surface area contributed by atoms with E-state index in [1.807, 2.05) is 0 Å². The van der Waals surface area contributed by atoms with Crippen LogP contribution in [0.15, 0.2) is 66.9 Å². The molecule has 0 aliphatic carbocycles. The Labute approximate surface area is 199 Å². The number of rotatable bonds is 9. The molecule has 0 unspecified atom stereocenters. The summed E-state index contributed by atoms with van der Waals surface area (Å²) in [5.41, 5.74) is 0.877. The summed E-state index contributed by atoms with van der Waals surface area (Å²) in [6, 6.07) is 14.2. The number of amides is 3.